The average molecular weight is 560 g/mol. The minimum Gasteiger partial charge on any atom is -0.458 e. The lowest BCUT2D eigenvalue weighted by atomic mass is 9.47. The summed E-state index contributed by atoms with van der Waals surface area (Å²) >= 11 is 12.3. The molecule has 0 aliphatic heterocycles. The van der Waals surface area contributed by atoms with Crippen molar-refractivity contribution in [2.45, 2.75) is 111 Å². The Kier molecular flexibility index (Phi) is 8.35. The molecule has 4 heteroatoms. The van der Waals surface area contributed by atoms with Gasteiger partial charge in [0, 0.05) is 11.4 Å². The molecule has 0 unspecified atom stereocenters. The maximum Gasteiger partial charge on any atom is 0.339 e. The van der Waals surface area contributed by atoms with Crippen LogP contribution in [-0.4, -0.2) is 12.1 Å². The van der Waals surface area contributed by atoms with E-state index in [-0.39, 0.29) is 17.5 Å². The first-order valence-electron chi connectivity index (χ1n) is 15.4. The molecule has 0 bridgehead atoms. The molecule has 210 valence electrons. The van der Waals surface area contributed by atoms with Crippen LogP contribution in [0.3, 0.4) is 0 Å². The molecule has 38 heavy (non-hydrogen) atoms. The van der Waals surface area contributed by atoms with Gasteiger partial charge in [-0.1, -0.05) is 88.7 Å². The van der Waals surface area contributed by atoms with E-state index in [0.29, 0.717) is 21.0 Å². The lowest BCUT2D eigenvalue weighted by Crippen LogP contribution is -2.51. The van der Waals surface area contributed by atoms with E-state index in [1.165, 1.54) is 51.4 Å². The number of halogens is 2. The molecule has 4 aliphatic carbocycles. The first-order chi connectivity index (χ1) is 18.0. The number of hydrogen-bond donors (Lipinski definition) is 0. The lowest BCUT2D eigenvalue weighted by Gasteiger charge is -2.58. The molecule has 3 saturated carbocycles. The van der Waals surface area contributed by atoms with Crippen molar-refractivity contribution in [3.63, 3.8) is 0 Å². The zero-order valence-electron chi connectivity index (χ0n) is 24.2. The smallest absolute Gasteiger partial charge is 0.339 e. The van der Waals surface area contributed by atoms with E-state index in [4.69, 9.17) is 27.9 Å². The highest BCUT2D eigenvalue weighted by atomic mass is 35.5. The fraction of sp³-hybridized carbons (Fsp3) is 0.735. The van der Waals surface area contributed by atoms with Crippen LogP contribution in [0.25, 0.3) is 0 Å². The second kappa shape index (κ2) is 11.1. The van der Waals surface area contributed by atoms with E-state index < -0.39 is 0 Å². The van der Waals surface area contributed by atoms with Crippen molar-refractivity contribution in [1.29, 1.82) is 0 Å². The van der Waals surface area contributed by atoms with Gasteiger partial charge in [-0.3, -0.25) is 0 Å². The van der Waals surface area contributed by atoms with Crippen molar-refractivity contribution in [2.75, 3.05) is 0 Å². The Hall–Kier alpha value is -0.990. The molecule has 0 N–H and O–H groups in total. The number of rotatable bonds is 7. The summed E-state index contributed by atoms with van der Waals surface area (Å²) in [6.45, 7) is 12.5. The minimum absolute atomic E-state index is 0.0680. The quantitative estimate of drug-likeness (QED) is 0.245. The van der Waals surface area contributed by atoms with Crippen LogP contribution in [0.1, 0.15) is 116 Å². The Labute approximate surface area is 241 Å². The summed E-state index contributed by atoms with van der Waals surface area (Å²) in [5, 5.41) is 0.886. The summed E-state index contributed by atoms with van der Waals surface area (Å²) in [6.07, 6.45) is 16.4. The molecule has 0 spiro atoms. The van der Waals surface area contributed by atoms with Gasteiger partial charge in [-0.15, -0.1) is 0 Å². The summed E-state index contributed by atoms with van der Waals surface area (Å²) in [4.78, 5) is 12.9. The molecule has 4 aliphatic rings. The first kappa shape index (κ1) is 28.5. The lowest BCUT2D eigenvalue weighted by molar-refractivity contribution is -0.0594. The molecule has 0 amide bonds. The Morgan fingerprint density at radius 1 is 1.03 bits per heavy atom. The van der Waals surface area contributed by atoms with Crippen molar-refractivity contribution >= 4 is 29.2 Å². The molecule has 8 atom stereocenters. The Morgan fingerprint density at radius 2 is 1.82 bits per heavy atom. The van der Waals surface area contributed by atoms with E-state index >= 15 is 0 Å². The predicted molar refractivity (Wildman–Crippen MR) is 159 cm³/mol. The van der Waals surface area contributed by atoms with Gasteiger partial charge >= 0.3 is 5.97 Å². The third-order valence-corrected chi connectivity index (χ3v) is 12.2. The Bertz CT molecular complexity index is 1060. The molecule has 5 rings (SSSR count). The summed E-state index contributed by atoms with van der Waals surface area (Å²) < 4.78 is 5.99. The summed E-state index contributed by atoms with van der Waals surface area (Å²) in [6, 6.07) is 4.98. The molecule has 0 saturated heterocycles. The zero-order valence-corrected chi connectivity index (χ0v) is 25.7. The van der Waals surface area contributed by atoms with Gasteiger partial charge in [0.25, 0.3) is 0 Å². The highest BCUT2D eigenvalue weighted by Gasteiger charge is 2.59. The van der Waals surface area contributed by atoms with Crippen LogP contribution < -0.4 is 0 Å². The van der Waals surface area contributed by atoms with Gasteiger partial charge < -0.3 is 4.74 Å². The third kappa shape index (κ3) is 5.23. The van der Waals surface area contributed by atoms with Gasteiger partial charge in [-0.05, 0) is 109 Å². The number of carbonyl (C=O) groups excluding carboxylic acids is 1. The number of fused-ring (bicyclic) bond motifs is 5. The van der Waals surface area contributed by atoms with Crippen LogP contribution in [-0.2, 0) is 4.74 Å². The number of allylic oxidation sites excluding steroid dienone is 1. The SMILES string of the molecule is CC(C)CCC[C@H](C)[C@@H]1CC[C@H]2[C@@H]3CC=C4C[C@@H](OC(=O)c5ccc(Cl)cc5Cl)CC[C@]4(C)[C@@H]3CC[C@]21C. The maximum atomic E-state index is 12.9. The van der Waals surface area contributed by atoms with E-state index in [1.807, 2.05) is 0 Å². The van der Waals surface area contributed by atoms with Crippen molar-refractivity contribution in [3.8, 4) is 0 Å². The van der Waals surface area contributed by atoms with E-state index in [1.54, 1.807) is 23.8 Å². The monoisotopic (exact) mass is 558 g/mol. The van der Waals surface area contributed by atoms with Crippen LogP contribution in [0.2, 0.25) is 10.0 Å². The topological polar surface area (TPSA) is 26.3 Å². The van der Waals surface area contributed by atoms with Gasteiger partial charge in [0.15, 0.2) is 0 Å². The highest BCUT2D eigenvalue weighted by molar-refractivity contribution is 6.36. The highest BCUT2D eigenvalue weighted by Crippen LogP contribution is 2.67. The molecule has 2 nitrogen and oxygen atoms in total. The number of ether oxygens (including phenoxy) is 1. The largest absolute Gasteiger partial charge is 0.458 e. The fourth-order valence-corrected chi connectivity index (χ4v) is 10.1. The molecule has 1 aromatic rings. The third-order valence-electron chi connectivity index (χ3n) is 11.7. The van der Waals surface area contributed by atoms with Crippen LogP contribution in [0, 0.1) is 46.3 Å². The molecule has 3 fully saturated rings. The van der Waals surface area contributed by atoms with Crippen molar-refractivity contribution in [3.05, 3.63) is 45.5 Å². The van der Waals surface area contributed by atoms with Crippen LogP contribution in [0.4, 0.5) is 0 Å². The van der Waals surface area contributed by atoms with Crippen LogP contribution in [0.15, 0.2) is 29.8 Å². The summed E-state index contributed by atoms with van der Waals surface area (Å²) in [5.74, 6) is 4.71. The number of esters is 1. The maximum absolute atomic E-state index is 12.9. The molecular formula is C34H48Cl2O2. The number of benzene rings is 1. The number of hydrogen-bond acceptors (Lipinski definition) is 2. The normalized spacial score (nSPS) is 37.2. The number of carbonyl (C=O) groups is 1. The standard InChI is InChI=1S/C34H48Cl2O2/c1-21(2)7-6-8-22(3)28-13-14-29-26-11-9-23-19-25(38-32(37)27-12-10-24(35)20-31(27)36)15-17-33(23,4)30(26)16-18-34(28,29)5/h9-10,12,20-22,25-26,28-30H,6-8,11,13-19H2,1-5H3/t22-,25-,26-,28-,29-,30+,33-,34-/m0/s1. The van der Waals surface area contributed by atoms with Gasteiger partial charge in [-0.25, -0.2) is 4.79 Å². The fourth-order valence-electron chi connectivity index (χ4n) is 9.62. The van der Waals surface area contributed by atoms with Crippen molar-refractivity contribution < 1.29 is 9.53 Å². The minimum atomic E-state index is -0.331. The van der Waals surface area contributed by atoms with Gasteiger partial charge in [0.2, 0.25) is 0 Å². The van der Waals surface area contributed by atoms with Crippen LogP contribution >= 0.6 is 23.2 Å². The zero-order chi connectivity index (χ0) is 27.2. The van der Waals surface area contributed by atoms with Gasteiger partial charge in [0.1, 0.15) is 6.10 Å². The Balaban J connectivity index is 1.25. The van der Waals surface area contributed by atoms with E-state index in [9.17, 15) is 4.79 Å². The Morgan fingerprint density at radius 3 is 2.55 bits per heavy atom. The van der Waals surface area contributed by atoms with E-state index in [0.717, 1.165) is 54.8 Å². The molecule has 0 aromatic heterocycles. The second-order valence-corrected chi connectivity index (χ2v) is 15.0. The van der Waals surface area contributed by atoms with Gasteiger partial charge in [0.05, 0.1) is 10.6 Å². The summed E-state index contributed by atoms with van der Waals surface area (Å²) in [5.41, 5.74) is 2.73. The molecular weight excluding hydrogens is 511 g/mol. The average Bonchev–Trinajstić information content (AvgIpc) is 3.21. The first-order valence-corrected chi connectivity index (χ1v) is 16.1. The predicted octanol–water partition coefficient (Wildman–Crippen LogP) is 10.6. The van der Waals surface area contributed by atoms with Crippen molar-refractivity contribution in [1.82, 2.24) is 0 Å². The van der Waals surface area contributed by atoms with Gasteiger partial charge in [-0.2, -0.15) is 0 Å². The summed E-state index contributed by atoms with van der Waals surface area (Å²) in [7, 11) is 0. The van der Waals surface area contributed by atoms with Crippen molar-refractivity contribution in [2.24, 2.45) is 46.3 Å². The van der Waals surface area contributed by atoms with E-state index in [2.05, 4.69) is 40.7 Å². The second-order valence-electron chi connectivity index (χ2n) is 14.2. The molecule has 1 aromatic carbocycles. The molecule has 0 heterocycles. The van der Waals surface area contributed by atoms with Crippen LogP contribution in [0.5, 0.6) is 0 Å². The molecule has 0 radical (unpaired) electrons.